The van der Waals surface area contributed by atoms with Crippen molar-refractivity contribution in [3.05, 3.63) is 22.9 Å². The van der Waals surface area contributed by atoms with Crippen molar-refractivity contribution in [2.24, 2.45) is 0 Å². The summed E-state index contributed by atoms with van der Waals surface area (Å²) in [5, 5.41) is 9.43. The van der Waals surface area contributed by atoms with Crippen molar-refractivity contribution >= 4 is 11.5 Å². The van der Waals surface area contributed by atoms with E-state index in [1.807, 2.05) is 5.38 Å². The van der Waals surface area contributed by atoms with Crippen LogP contribution in [0.4, 0.5) is 0 Å². The minimum absolute atomic E-state index is 0.0778. The van der Waals surface area contributed by atoms with Gasteiger partial charge in [0.25, 0.3) is 0 Å². The lowest BCUT2D eigenvalue weighted by atomic mass is 10.1. The van der Waals surface area contributed by atoms with Gasteiger partial charge in [-0.1, -0.05) is 11.4 Å². The lowest BCUT2D eigenvalue weighted by Crippen LogP contribution is -2.25. The third-order valence-corrected chi connectivity index (χ3v) is 2.85. The van der Waals surface area contributed by atoms with Crippen LogP contribution in [0.25, 0.3) is 0 Å². The van der Waals surface area contributed by atoms with Crippen molar-refractivity contribution in [2.45, 2.75) is 25.8 Å². The van der Waals surface area contributed by atoms with Crippen molar-refractivity contribution in [2.75, 3.05) is 13.2 Å². The maximum absolute atomic E-state index is 5.65. The first-order valence-corrected chi connectivity index (χ1v) is 6.08. The molecular weight excluding hydrogens is 210 g/mol. The summed E-state index contributed by atoms with van der Waals surface area (Å²) in [4.78, 5) is 0. The third kappa shape index (κ3) is 2.54. The van der Waals surface area contributed by atoms with Crippen LogP contribution in [0, 0.1) is 0 Å². The van der Waals surface area contributed by atoms with Crippen molar-refractivity contribution in [3.63, 3.8) is 0 Å². The molecule has 0 radical (unpaired) electrons. The number of nitrogens with one attached hydrogen (secondary N) is 1. The smallest absolute Gasteiger partial charge is 0.115 e. The van der Waals surface area contributed by atoms with E-state index in [1.54, 1.807) is 0 Å². The third-order valence-electron chi connectivity index (χ3n) is 2.33. The second-order valence-corrected chi connectivity index (χ2v) is 4.03. The van der Waals surface area contributed by atoms with E-state index in [2.05, 4.69) is 27.9 Å². The fourth-order valence-corrected chi connectivity index (χ4v) is 2.11. The van der Waals surface area contributed by atoms with E-state index in [4.69, 9.17) is 4.74 Å². The fraction of sp³-hybridized carbons (Fsp3) is 0.600. The molecule has 1 N–H and O–H groups in total. The fourth-order valence-electron chi connectivity index (χ4n) is 1.63. The Bertz CT molecular complexity index is 323. The zero-order valence-corrected chi connectivity index (χ0v) is 9.59. The van der Waals surface area contributed by atoms with Crippen LogP contribution >= 0.6 is 11.5 Å². The highest BCUT2D eigenvalue weighted by Crippen LogP contribution is 2.24. The average Bonchev–Trinajstić information content (AvgIpc) is 2.80. The molecule has 1 unspecified atom stereocenters. The topological polar surface area (TPSA) is 47.0 Å². The molecule has 0 bridgehead atoms. The molecular formula is C10H15N3OS. The van der Waals surface area contributed by atoms with Crippen molar-refractivity contribution in [1.82, 2.24) is 14.9 Å². The number of hydrogen-bond acceptors (Lipinski definition) is 5. The van der Waals surface area contributed by atoms with Gasteiger partial charge in [0.2, 0.25) is 0 Å². The number of hydrogen-bond donors (Lipinski definition) is 1. The molecule has 2 rings (SSSR count). The minimum Gasteiger partial charge on any atom is -0.496 e. The first kappa shape index (κ1) is 10.6. The lowest BCUT2D eigenvalue weighted by Gasteiger charge is -2.22. The minimum atomic E-state index is 0.0778. The van der Waals surface area contributed by atoms with Gasteiger partial charge >= 0.3 is 0 Å². The molecule has 1 aromatic rings. The number of likely N-dealkylation sites (N-methyl/N-ethyl adjacent to an activating group) is 1. The van der Waals surface area contributed by atoms with Gasteiger partial charge in [0.1, 0.15) is 17.5 Å². The Kier molecular flexibility index (Phi) is 3.69. The Morgan fingerprint density at radius 3 is 3.20 bits per heavy atom. The Labute approximate surface area is 93.5 Å². The van der Waals surface area contributed by atoms with Gasteiger partial charge in [-0.05, 0) is 37.0 Å². The molecule has 2 heterocycles. The van der Waals surface area contributed by atoms with E-state index in [1.165, 1.54) is 11.5 Å². The summed E-state index contributed by atoms with van der Waals surface area (Å²) < 4.78 is 9.54. The standard InChI is InChI=1S/C10H15N3OS/c1-2-11-10(8-7-15-13-12-8)9-5-3-4-6-14-9/h5,7,10-11H,2-4,6H2,1H3. The summed E-state index contributed by atoms with van der Waals surface area (Å²) in [6.07, 6.45) is 4.35. The number of aromatic nitrogens is 2. The van der Waals surface area contributed by atoms with Gasteiger partial charge in [0.05, 0.1) is 6.61 Å². The van der Waals surface area contributed by atoms with Gasteiger partial charge in [-0.25, -0.2) is 0 Å². The van der Waals surface area contributed by atoms with E-state index in [0.717, 1.165) is 37.4 Å². The zero-order valence-electron chi connectivity index (χ0n) is 8.77. The molecule has 1 aliphatic heterocycles. The number of rotatable bonds is 4. The van der Waals surface area contributed by atoms with Crippen LogP contribution < -0.4 is 5.32 Å². The molecule has 0 fully saturated rings. The molecule has 0 spiro atoms. The summed E-state index contributed by atoms with van der Waals surface area (Å²) in [6, 6.07) is 0.0778. The van der Waals surface area contributed by atoms with Crippen LogP contribution in [0.1, 0.15) is 31.5 Å². The summed E-state index contributed by atoms with van der Waals surface area (Å²) in [5.41, 5.74) is 0.954. The predicted molar refractivity (Wildman–Crippen MR) is 59.6 cm³/mol. The van der Waals surface area contributed by atoms with E-state index in [0.29, 0.717) is 0 Å². The highest BCUT2D eigenvalue weighted by atomic mass is 32.1. The van der Waals surface area contributed by atoms with Crippen LogP contribution in [0.15, 0.2) is 17.2 Å². The zero-order chi connectivity index (χ0) is 10.5. The van der Waals surface area contributed by atoms with E-state index < -0.39 is 0 Å². The highest BCUT2D eigenvalue weighted by Gasteiger charge is 2.21. The Hall–Kier alpha value is -0.940. The van der Waals surface area contributed by atoms with Crippen LogP contribution in [-0.4, -0.2) is 22.7 Å². The Balaban J connectivity index is 2.15. The van der Waals surface area contributed by atoms with Gasteiger partial charge in [-0.15, -0.1) is 5.10 Å². The molecule has 4 nitrogen and oxygen atoms in total. The van der Waals surface area contributed by atoms with Gasteiger partial charge < -0.3 is 10.1 Å². The molecule has 0 aliphatic carbocycles. The van der Waals surface area contributed by atoms with E-state index >= 15 is 0 Å². The van der Waals surface area contributed by atoms with E-state index in [9.17, 15) is 0 Å². The van der Waals surface area contributed by atoms with Crippen molar-refractivity contribution < 1.29 is 4.74 Å². The Morgan fingerprint density at radius 1 is 1.67 bits per heavy atom. The van der Waals surface area contributed by atoms with Crippen molar-refractivity contribution in [1.29, 1.82) is 0 Å². The van der Waals surface area contributed by atoms with Gasteiger partial charge in [0.15, 0.2) is 0 Å². The molecule has 1 aliphatic rings. The summed E-state index contributed by atoms with van der Waals surface area (Å²) in [6.45, 7) is 3.78. The van der Waals surface area contributed by atoms with Crippen molar-refractivity contribution in [3.8, 4) is 0 Å². The summed E-state index contributed by atoms with van der Waals surface area (Å²) >= 11 is 1.37. The van der Waals surface area contributed by atoms with Crippen LogP contribution in [0.2, 0.25) is 0 Å². The highest BCUT2D eigenvalue weighted by molar-refractivity contribution is 7.03. The van der Waals surface area contributed by atoms with Gasteiger partial charge in [-0.3, -0.25) is 0 Å². The van der Waals surface area contributed by atoms with Gasteiger partial charge in [-0.2, -0.15) is 0 Å². The molecule has 1 atom stereocenters. The maximum Gasteiger partial charge on any atom is 0.115 e. The molecule has 5 heteroatoms. The van der Waals surface area contributed by atoms with Crippen LogP contribution in [-0.2, 0) is 4.74 Å². The van der Waals surface area contributed by atoms with E-state index in [-0.39, 0.29) is 6.04 Å². The first-order valence-electron chi connectivity index (χ1n) is 5.25. The maximum atomic E-state index is 5.65. The van der Waals surface area contributed by atoms with Gasteiger partial charge in [0, 0.05) is 5.38 Å². The molecule has 15 heavy (non-hydrogen) atoms. The SMILES string of the molecule is CCNC(C1=CCCCO1)c1csnn1. The average molecular weight is 225 g/mol. The summed E-state index contributed by atoms with van der Waals surface area (Å²) in [5.74, 6) is 0.996. The summed E-state index contributed by atoms with van der Waals surface area (Å²) in [7, 11) is 0. The molecule has 0 amide bonds. The Morgan fingerprint density at radius 2 is 2.60 bits per heavy atom. The lowest BCUT2D eigenvalue weighted by molar-refractivity contribution is 0.167. The van der Waals surface area contributed by atoms with Crippen LogP contribution in [0.5, 0.6) is 0 Å². The predicted octanol–water partition coefficient (Wildman–Crippen LogP) is 1.88. The molecule has 0 aromatic carbocycles. The molecule has 1 aromatic heterocycles. The number of ether oxygens (including phenoxy) is 1. The second kappa shape index (κ2) is 5.23. The molecule has 0 saturated carbocycles. The first-order chi connectivity index (χ1) is 7.42. The second-order valence-electron chi connectivity index (χ2n) is 3.42. The van der Waals surface area contributed by atoms with Crippen LogP contribution in [0.3, 0.4) is 0 Å². The largest absolute Gasteiger partial charge is 0.496 e. The molecule has 82 valence electrons. The molecule has 0 saturated heterocycles. The quantitative estimate of drug-likeness (QED) is 0.850. The normalized spacial score (nSPS) is 18.1. The number of allylic oxidation sites excluding steroid dienone is 1. The monoisotopic (exact) mass is 225 g/mol. The number of nitrogens with zero attached hydrogens (tertiary/aromatic N) is 2.